The topological polar surface area (TPSA) is 12.5 Å². The predicted octanol–water partition coefficient (Wildman–Crippen LogP) is 4.09. The van der Waals surface area contributed by atoms with Crippen LogP contribution in [-0.2, 0) is 11.3 Å². The van der Waals surface area contributed by atoms with Gasteiger partial charge in [0.1, 0.15) is 0 Å². The van der Waals surface area contributed by atoms with Crippen LogP contribution in [0.1, 0.15) is 12.5 Å². The maximum Gasteiger partial charge on any atom is 0.0802 e. The standard InChI is InChI=1S/C13H16Br2ClNO/c1-9-6-17(8-12(5-14)18-9)7-10-2-3-11(15)4-13(10)16/h2-4,9,12H,5-8H2,1H3. The molecule has 1 heterocycles. The van der Waals surface area contributed by atoms with Crippen molar-refractivity contribution in [1.29, 1.82) is 0 Å². The van der Waals surface area contributed by atoms with Gasteiger partial charge < -0.3 is 4.74 Å². The third-order valence-electron chi connectivity index (χ3n) is 2.98. The van der Waals surface area contributed by atoms with Crippen LogP contribution in [0.5, 0.6) is 0 Å². The molecule has 0 aromatic heterocycles. The second-order valence-electron chi connectivity index (χ2n) is 4.65. The molecule has 0 bridgehead atoms. The Morgan fingerprint density at radius 3 is 2.89 bits per heavy atom. The quantitative estimate of drug-likeness (QED) is 0.713. The second-order valence-corrected chi connectivity index (χ2v) is 6.62. The molecular formula is C13H16Br2ClNO. The van der Waals surface area contributed by atoms with Gasteiger partial charge in [-0.1, -0.05) is 49.5 Å². The van der Waals surface area contributed by atoms with Crippen LogP contribution in [0.4, 0.5) is 0 Å². The summed E-state index contributed by atoms with van der Waals surface area (Å²) in [5.74, 6) is 0. The molecule has 0 aliphatic carbocycles. The lowest BCUT2D eigenvalue weighted by molar-refractivity contribution is -0.0677. The molecule has 0 spiro atoms. The Kier molecular flexibility index (Phi) is 5.51. The fraction of sp³-hybridized carbons (Fsp3) is 0.538. The third kappa shape index (κ3) is 3.94. The van der Waals surface area contributed by atoms with Crippen LogP contribution in [0.15, 0.2) is 22.7 Å². The molecule has 18 heavy (non-hydrogen) atoms. The minimum absolute atomic E-state index is 0.267. The average Bonchev–Trinajstić information content (AvgIpc) is 2.32. The maximum atomic E-state index is 6.26. The number of hydrogen-bond donors (Lipinski definition) is 0. The molecule has 100 valence electrons. The molecule has 2 atom stereocenters. The van der Waals surface area contributed by atoms with Gasteiger partial charge in [-0.05, 0) is 24.6 Å². The van der Waals surface area contributed by atoms with Crippen molar-refractivity contribution in [3.8, 4) is 0 Å². The van der Waals surface area contributed by atoms with Crippen molar-refractivity contribution < 1.29 is 4.74 Å². The van der Waals surface area contributed by atoms with Gasteiger partial charge in [0.15, 0.2) is 0 Å². The molecule has 0 radical (unpaired) electrons. The highest BCUT2D eigenvalue weighted by Gasteiger charge is 2.24. The Morgan fingerprint density at radius 1 is 1.44 bits per heavy atom. The lowest BCUT2D eigenvalue weighted by Crippen LogP contribution is -2.46. The molecule has 5 heteroatoms. The van der Waals surface area contributed by atoms with E-state index in [0.29, 0.717) is 0 Å². The Labute approximate surface area is 130 Å². The fourth-order valence-corrected chi connectivity index (χ4v) is 3.34. The molecule has 1 aromatic rings. The normalized spacial score (nSPS) is 25.3. The van der Waals surface area contributed by atoms with E-state index in [9.17, 15) is 0 Å². The first-order chi connectivity index (χ1) is 8.58. The van der Waals surface area contributed by atoms with E-state index in [1.807, 2.05) is 12.1 Å². The van der Waals surface area contributed by atoms with Crippen molar-refractivity contribution in [3.05, 3.63) is 33.3 Å². The lowest BCUT2D eigenvalue weighted by Gasteiger charge is -2.36. The largest absolute Gasteiger partial charge is 0.372 e. The predicted molar refractivity (Wildman–Crippen MR) is 82.6 cm³/mol. The third-order valence-corrected chi connectivity index (χ3v) is 4.55. The van der Waals surface area contributed by atoms with Crippen LogP contribution in [0, 0.1) is 0 Å². The first kappa shape index (κ1) is 14.8. The summed E-state index contributed by atoms with van der Waals surface area (Å²) in [6.07, 6.45) is 0.540. The molecular weight excluding hydrogens is 381 g/mol. The molecule has 0 N–H and O–H groups in total. The molecule has 1 aliphatic heterocycles. The fourth-order valence-electron chi connectivity index (χ4n) is 2.25. The Balaban J connectivity index is 2.04. The Hall–Kier alpha value is 0.390. The number of morpholine rings is 1. The number of rotatable bonds is 3. The van der Waals surface area contributed by atoms with E-state index in [2.05, 4.69) is 49.7 Å². The highest BCUT2D eigenvalue weighted by molar-refractivity contribution is 9.10. The Morgan fingerprint density at radius 2 is 2.22 bits per heavy atom. The molecule has 0 amide bonds. The van der Waals surface area contributed by atoms with E-state index in [0.717, 1.165) is 34.5 Å². The Bertz CT molecular complexity index is 416. The van der Waals surface area contributed by atoms with E-state index in [1.54, 1.807) is 0 Å². The van der Waals surface area contributed by atoms with E-state index in [1.165, 1.54) is 5.56 Å². The molecule has 1 aromatic carbocycles. The molecule has 1 fully saturated rings. The number of ether oxygens (including phenoxy) is 1. The van der Waals surface area contributed by atoms with Crippen LogP contribution in [0.25, 0.3) is 0 Å². The number of alkyl halides is 1. The van der Waals surface area contributed by atoms with Gasteiger partial charge in [-0.15, -0.1) is 0 Å². The van der Waals surface area contributed by atoms with E-state index < -0.39 is 0 Å². The van der Waals surface area contributed by atoms with Crippen LogP contribution < -0.4 is 0 Å². The molecule has 2 unspecified atom stereocenters. The average molecular weight is 398 g/mol. The molecule has 1 aliphatic rings. The zero-order chi connectivity index (χ0) is 13.1. The van der Waals surface area contributed by atoms with Gasteiger partial charge in [-0.3, -0.25) is 4.90 Å². The van der Waals surface area contributed by atoms with Crippen molar-refractivity contribution in [2.75, 3.05) is 18.4 Å². The number of halogens is 3. The lowest BCUT2D eigenvalue weighted by atomic mass is 10.1. The molecule has 0 saturated carbocycles. The van der Waals surface area contributed by atoms with Crippen molar-refractivity contribution in [3.63, 3.8) is 0 Å². The van der Waals surface area contributed by atoms with Gasteiger partial charge in [-0.2, -0.15) is 0 Å². The maximum absolute atomic E-state index is 6.26. The SMILES string of the molecule is CC1CN(Cc2ccc(Br)cc2Cl)CC(CBr)O1. The van der Waals surface area contributed by atoms with Crippen molar-refractivity contribution in [2.45, 2.75) is 25.7 Å². The first-order valence-electron chi connectivity index (χ1n) is 5.96. The van der Waals surface area contributed by atoms with Crippen LogP contribution in [-0.4, -0.2) is 35.5 Å². The second kappa shape index (κ2) is 6.71. The summed E-state index contributed by atoms with van der Waals surface area (Å²) in [5.41, 5.74) is 1.17. The van der Waals surface area contributed by atoms with Gasteiger partial charge in [0, 0.05) is 34.5 Å². The summed E-state index contributed by atoms with van der Waals surface area (Å²) in [7, 11) is 0. The molecule has 2 nitrogen and oxygen atoms in total. The van der Waals surface area contributed by atoms with Crippen LogP contribution >= 0.6 is 43.5 Å². The summed E-state index contributed by atoms with van der Waals surface area (Å²) < 4.78 is 6.84. The van der Waals surface area contributed by atoms with Crippen molar-refractivity contribution >= 4 is 43.5 Å². The summed E-state index contributed by atoms with van der Waals surface area (Å²) in [6.45, 7) is 4.90. The van der Waals surface area contributed by atoms with Gasteiger partial charge in [0.2, 0.25) is 0 Å². The van der Waals surface area contributed by atoms with E-state index in [4.69, 9.17) is 16.3 Å². The van der Waals surface area contributed by atoms with Gasteiger partial charge in [0.25, 0.3) is 0 Å². The van der Waals surface area contributed by atoms with E-state index >= 15 is 0 Å². The number of nitrogens with zero attached hydrogens (tertiary/aromatic N) is 1. The first-order valence-corrected chi connectivity index (χ1v) is 8.25. The zero-order valence-electron chi connectivity index (χ0n) is 10.2. The minimum atomic E-state index is 0.267. The molecule has 1 saturated heterocycles. The van der Waals surface area contributed by atoms with Gasteiger partial charge in [-0.25, -0.2) is 0 Å². The van der Waals surface area contributed by atoms with E-state index in [-0.39, 0.29) is 12.2 Å². The van der Waals surface area contributed by atoms with Crippen molar-refractivity contribution in [2.24, 2.45) is 0 Å². The zero-order valence-corrected chi connectivity index (χ0v) is 14.1. The molecule has 2 rings (SSSR count). The summed E-state index contributed by atoms with van der Waals surface area (Å²) in [4.78, 5) is 2.40. The smallest absolute Gasteiger partial charge is 0.0802 e. The summed E-state index contributed by atoms with van der Waals surface area (Å²) in [5, 5.41) is 1.70. The number of hydrogen-bond acceptors (Lipinski definition) is 2. The van der Waals surface area contributed by atoms with Crippen LogP contribution in [0.2, 0.25) is 5.02 Å². The minimum Gasteiger partial charge on any atom is -0.372 e. The van der Waals surface area contributed by atoms with Gasteiger partial charge in [0.05, 0.1) is 12.2 Å². The van der Waals surface area contributed by atoms with Gasteiger partial charge >= 0.3 is 0 Å². The summed E-state index contributed by atoms with van der Waals surface area (Å²) >= 11 is 13.2. The highest BCUT2D eigenvalue weighted by atomic mass is 79.9. The van der Waals surface area contributed by atoms with Crippen molar-refractivity contribution in [1.82, 2.24) is 4.90 Å². The van der Waals surface area contributed by atoms with Crippen LogP contribution in [0.3, 0.4) is 0 Å². The summed E-state index contributed by atoms with van der Waals surface area (Å²) in [6, 6.07) is 6.06. The monoisotopic (exact) mass is 395 g/mol. The number of benzene rings is 1. The highest BCUT2D eigenvalue weighted by Crippen LogP contribution is 2.24.